The second-order valence-corrected chi connectivity index (χ2v) is 10.1. The molecule has 0 spiro atoms. The lowest BCUT2D eigenvalue weighted by atomic mass is 9.81. The molecule has 6 rings (SSSR count). The van der Waals surface area contributed by atoms with Crippen molar-refractivity contribution in [2.24, 2.45) is 0 Å². The van der Waals surface area contributed by atoms with Crippen molar-refractivity contribution < 1.29 is 10.2 Å². The molecule has 0 amide bonds. The number of aromatic nitrogens is 2. The fourth-order valence-electron chi connectivity index (χ4n) is 5.39. The van der Waals surface area contributed by atoms with Crippen LogP contribution in [0.15, 0.2) is 158 Å². The number of hydrogen-bond donors (Lipinski definition) is 2. The molecule has 0 atom stereocenters. The molecule has 0 saturated carbocycles. The van der Waals surface area contributed by atoms with Crippen molar-refractivity contribution >= 4 is 0 Å². The summed E-state index contributed by atoms with van der Waals surface area (Å²) >= 11 is 0. The molecular weight excluding hydrogens is 504 g/mol. The Balaban J connectivity index is 1.28. The first-order chi connectivity index (χ1) is 20.1. The highest BCUT2D eigenvalue weighted by molar-refractivity contribution is 5.48. The molecule has 2 aromatic heterocycles. The first kappa shape index (κ1) is 26.3. The summed E-state index contributed by atoms with van der Waals surface area (Å²) in [7, 11) is 0. The summed E-state index contributed by atoms with van der Waals surface area (Å²) in [6.45, 7) is 0. The van der Waals surface area contributed by atoms with Gasteiger partial charge in [-0.15, -0.1) is 0 Å². The summed E-state index contributed by atoms with van der Waals surface area (Å²) in [6.07, 6.45) is 4.01. The van der Waals surface area contributed by atoms with Gasteiger partial charge in [0.2, 0.25) is 0 Å². The van der Waals surface area contributed by atoms with E-state index in [1.165, 1.54) is 0 Å². The van der Waals surface area contributed by atoms with Crippen LogP contribution in [0.25, 0.3) is 0 Å². The van der Waals surface area contributed by atoms with E-state index in [1.807, 2.05) is 146 Å². The van der Waals surface area contributed by atoms with Gasteiger partial charge in [0.15, 0.2) is 0 Å². The maximum Gasteiger partial charge on any atom is 0.142 e. The Hall–Kier alpha value is -4.90. The number of rotatable bonds is 8. The van der Waals surface area contributed by atoms with E-state index in [0.717, 1.165) is 33.6 Å². The SMILES string of the molecule is OC(c1ccccc1)(c1ccccc1)c1ccc(Cc2ccc(C(O)(c3ccccc3)c3ccccc3)cn2)nc1. The summed E-state index contributed by atoms with van der Waals surface area (Å²) in [6, 6.07) is 46.3. The molecule has 0 aliphatic rings. The Morgan fingerprint density at radius 3 is 0.902 bits per heavy atom. The molecule has 0 radical (unpaired) electrons. The van der Waals surface area contributed by atoms with Gasteiger partial charge in [-0.25, -0.2) is 0 Å². The molecule has 200 valence electrons. The monoisotopic (exact) mass is 534 g/mol. The molecule has 0 aliphatic heterocycles. The fourth-order valence-corrected chi connectivity index (χ4v) is 5.39. The van der Waals surface area contributed by atoms with Gasteiger partial charge < -0.3 is 10.2 Å². The normalized spacial score (nSPS) is 11.8. The quantitative estimate of drug-likeness (QED) is 0.230. The third-order valence-corrected chi connectivity index (χ3v) is 7.61. The summed E-state index contributed by atoms with van der Waals surface area (Å²) in [4.78, 5) is 9.42. The lowest BCUT2D eigenvalue weighted by molar-refractivity contribution is 0.125. The highest BCUT2D eigenvalue weighted by Gasteiger charge is 2.35. The molecule has 0 aliphatic carbocycles. The zero-order valence-corrected chi connectivity index (χ0v) is 22.5. The van der Waals surface area contributed by atoms with Crippen LogP contribution < -0.4 is 0 Å². The number of pyridine rings is 2. The molecule has 0 fully saturated rings. The second kappa shape index (κ2) is 11.3. The summed E-state index contributed by atoms with van der Waals surface area (Å²) in [5, 5.41) is 24.0. The van der Waals surface area contributed by atoms with E-state index in [2.05, 4.69) is 0 Å². The van der Waals surface area contributed by atoms with Crippen molar-refractivity contribution in [1.29, 1.82) is 0 Å². The van der Waals surface area contributed by atoms with Gasteiger partial charge in [-0.2, -0.15) is 0 Å². The molecule has 0 unspecified atom stereocenters. The van der Waals surface area contributed by atoms with Crippen molar-refractivity contribution in [2.75, 3.05) is 0 Å². The Morgan fingerprint density at radius 1 is 0.366 bits per heavy atom. The van der Waals surface area contributed by atoms with E-state index in [1.54, 1.807) is 12.4 Å². The zero-order valence-electron chi connectivity index (χ0n) is 22.5. The zero-order chi connectivity index (χ0) is 28.1. The van der Waals surface area contributed by atoms with Crippen LogP contribution in [-0.2, 0) is 17.6 Å². The van der Waals surface area contributed by atoms with E-state index in [4.69, 9.17) is 9.97 Å². The van der Waals surface area contributed by atoms with Crippen LogP contribution in [0.4, 0.5) is 0 Å². The molecule has 6 aromatic rings. The van der Waals surface area contributed by atoms with Gasteiger partial charge in [0.05, 0.1) is 0 Å². The number of nitrogens with zero attached hydrogens (tertiary/aromatic N) is 2. The Kier molecular flexibility index (Phi) is 7.26. The third kappa shape index (κ3) is 5.07. The predicted molar refractivity (Wildman–Crippen MR) is 161 cm³/mol. The number of aliphatic hydroxyl groups is 2. The fraction of sp³-hybridized carbons (Fsp3) is 0.0811. The molecule has 4 nitrogen and oxygen atoms in total. The molecule has 0 bridgehead atoms. The summed E-state index contributed by atoms with van der Waals surface area (Å²) in [5.74, 6) is 0. The Labute approximate surface area is 240 Å². The van der Waals surface area contributed by atoms with Crippen molar-refractivity contribution in [2.45, 2.75) is 17.6 Å². The standard InChI is InChI=1S/C37H30N2O2/c40-36(28-13-5-1-6-14-28,29-15-7-2-8-16-29)32-21-23-34(38-26-32)25-35-24-22-33(27-39-35)37(41,30-17-9-3-10-18-30)31-19-11-4-12-20-31/h1-24,26-27,40-41H,25H2. The van der Waals surface area contributed by atoms with Gasteiger partial charge in [0, 0.05) is 41.3 Å². The first-order valence-corrected chi connectivity index (χ1v) is 13.7. The van der Waals surface area contributed by atoms with Crippen LogP contribution >= 0.6 is 0 Å². The molecule has 41 heavy (non-hydrogen) atoms. The summed E-state index contributed by atoms with van der Waals surface area (Å²) in [5.41, 5.74) is 3.52. The Morgan fingerprint density at radius 2 is 0.659 bits per heavy atom. The van der Waals surface area contributed by atoms with Gasteiger partial charge in [-0.05, 0) is 34.4 Å². The van der Waals surface area contributed by atoms with Gasteiger partial charge in [0.25, 0.3) is 0 Å². The summed E-state index contributed by atoms with van der Waals surface area (Å²) < 4.78 is 0. The van der Waals surface area contributed by atoms with Gasteiger partial charge in [0.1, 0.15) is 11.2 Å². The van der Waals surface area contributed by atoms with Gasteiger partial charge >= 0.3 is 0 Å². The lowest BCUT2D eigenvalue weighted by Gasteiger charge is -2.30. The minimum atomic E-state index is -1.33. The van der Waals surface area contributed by atoms with Gasteiger partial charge in [-0.3, -0.25) is 9.97 Å². The third-order valence-electron chi connectivity index (χ3n) is 7.61. The average molecular weight is 535 g/mol. The highest BCUT2D eigenvalue weighted by Crippen LogP contribution is 2.37. The van der Waals surface area contributed by atoms with Crippen LogP contribution in [-0.4, -0.2) is 20.2 Å². The molecule has 4 heteroatoms. The Bertz CT molecular complexity index is 1480. The molecule has 2 heterocycles. The van der Waals surface area contributed by atoms with E-state index in [0.29, 0.717) is 17.5 Å². The minimum Gasteiger partial charge on any atom is -0.376 e. The van der Waals surface area contributed by atoms with E-state index in [-0.39, 0.29) is 0 Å². The average Bonchev–Trinajstić information content (AvgIpc) is 3.06. The maximum absolute atomic E-state index is 12.0. The number of benzene rings is 4. The second-order valence-electron chi connectivity index (χ2n) is 10.1. The van der Waals surface area contributed by atoms with Crippen molar-refractivity contribution in [1.82, 2.24) is 9.97 Å². The van der Waals surface area contributed by atoms with Crippen LogP contribution in [0, 0.1) is 0 Å². The van der Waals surface area contributed by atoms with Crippen molar-refractivity contribution in [3.63, 3.8) is 0 Å². The minimum absolute atomic E-state index is 0.519. The topological polar surface area (TPSA) is 66.2 Å². The van der Waals surface area contributed by atoms with E-state index in [9.17, 15) is 10.2 Å². The highest BCUT2D eigenvalue weighted by atomic mass is 16.3. The molecule has 0 saturated heterocycles. The van der Waals surface area contributed by atoms with Crippen LogP contribution in [0.5, 0.6) is 0 Å². The lowest BCUT2D eigenvalue weighted by Crippen LogP contribution is -2.29. The largest absolute Gasteiger partial charge is 0.376 e. The first-order valence-electron chi connectivity index (χ1n) is 13.7. The van der Waals surface area contributed by atoms with E-state index < -0.39 is 11.2 Å². The molecular formula is C37H30N2O2. The number of hydrogen-bond acceptors (Lipinski definition) is 4. The molecule has 4 aromatic carbocycles. The predicted octanol–water partition coefficient (Wildman–Crippen LogP) is 6.64. The van der Waals surface area contributed by atoms with Crippen molar-refractivity contribution in [3.05, 3.63) is 203 Å². The maximum atomic E-state index is 12.0. The van der Waals surface area contributed by atoms with Crippen LogP contribution in [0.1, 0.15) is 44.8 Å². The molecule has 2 N–H and O–H groups in total. The van der Waals surface area contributed by atoms with E-state index >= 15 is 0 Å². The van der Waals surface area contributed by atoms with Gasteiger partial charge in [-0.1, -0.05) is 133 Å². The smallest absolute Gasteiger partial charge is 0.142 e. The van der Waals surface area contributed by atoms with Crippen LogP contribution in [0.2, 0.25) is 0 Å². The van der Waals surface area contributed by atoms with Crippen molar-refractivity contribution in [3.8, 4) is 0 Å². The van der Waals surface area contributed by atoms with Crippen LogP contribution in [0.3, 0.4) is 0 Å².